The van der Waals surface area contributed by atoms with Gasteiger partial charge in [-0.05, 0) is 12.1 Å². The van der Waals surface area contributed by atoms with Gasteiger partial charge in [0.1, 0.15) is 18.1 Å². The molecule has 100 valence electrons. The first-order valence-electron chi connectivity index (χ1n) is 6.44. The predicted octanol–water partition coefficient (Wildman–Crippen LogP) is 1.62. The Morgan fingerprint density at radius 1 is 1.15 bits per heavy atom. The quantitative estimate of drug-likeness (QED) is 0.672. The Kier molecular flexibility index (Phi) is 2.35. The second-order valence-electron chi connectivity index (χ2n) is 4.76. The lowest BCUT2D eigenvalue weighted by Crippen LogP contribution is -2.07. The highest BCUT2D eigenvalue weighted by atomic mass is 16.5. The Hall–Kier alpha value is -2.63. The van der Waals surface area contributed by atoms with Crippen molar-refractivity contribution in [3.05, 3.63) is 47.9 Å². The minimum Gasteiger partial charge on any atom is -0.485 e. The fourth-order valence-electron chi connectivity index (χ4n) is 2.48. The largest absolute Gasteiger partial charge is 0.485 e. The van der Waals surface area contributed by atoms with Gasteiger partial charge >= 0.3 is 0 Å². The van der Waals surface area contributed by atoms with Gasteiger partial charge in [-0.2, -0.15) is 5.10 Å². The number of hydrogen-bond donors (Lipinski definition) is 0. The molecular formula is C14H13N5O. The van der Waals surface area contributed by atoms with Gasteiger partial charge in [0.05, 0.1) is 6.54 Å². The summed E-state index contributed by atoms with van der Waals surface area (Å²) in [6.45, 7) is 1.14. The van der Waals surface area contributed by atoms with Gasteiger partial charge in [0, 0.05) is 18.8 Å². The van der Waals surface area contributed by atoms with Crippen LogP contribution < -0.4 is 4.74 Å². The number of hydrogen-bond acceptors (Lipinski definition) is 4. The third-order valence-corrected chi connectivity index (χ3v) is 3.54. The fourth-order valence-corrected chi connectivity index (χ4v) is 2.48. The van der Waals surface area contributed by atoms with Crippen LogP contribution in [-0.2, 0) is 20.2 Å². The molecule has 1 aliphatic rings. The number of benzene rings is 1. The van der Waals surface area contributed by atoms with Crippen LogP contribution in [0.5, 0.6) is 5.75 Å². The molecule has 0 saturated carbocycles. The molecule has 1 aliphatic heterocycles. The molecule has 0 radical (unpaired) electrons. The molecule has 0 spiro atoms. The van der Waals surface area contributed by atoms with Crippen molar-refractivity contribution in [1.82, 2.24) is 24.5 Å². The molecule has 6 heteroatoms. The first kappa shape index (κ1) is 11.2. The summed E-state index contributed by atoms with van der Waals surface area (Å²) in [6.07, 6.45) is 1.76. The van der Waals surface area contributed by atoms with E-state index in [2.05, 4.69) is 25.9 Å². The van der Waals surface area contributed by atoms with Crippen molar-refractivity contribution in [2.45, 2.75) is 13.2 Å². The second-order valence-corrected chi connectivity index (χ2v) is 4.76. The predicted molar refractivity (Wildman–Crippen MR) is 72.1 cm³/mol. The van der Waals surface area contributed by atoms with Crippen LogP contribution >= 0.6 is 0 Å². The van der Waals surface area contributed by atoms with Gasteiger partial charge in [0.15, 0.2) is 11.6 Å². The van der Waals surface area contributed by atoms with Gasteiger partial charge in [-0.15, -0.1) is 10.2 Å². The topological polar surface area (TPSA) is 57.8 Å². The molecule has 20 heavy (non-hydrogen) atoms. The maximum absolute atomic E-state index is 5.79. The van der Waals surface area contributed by atoms with E-state index in [1.807, 2.05) is 31.3 Å². The number of rotatable bonds is 1. The monoisotopic (exact) mass is 267 g/mol. The molecule has 0 unspecified atom stereocenters. The van der Waals surface area contributed by atoms with Gasteiger partial charge in [-0.25, -0.2) is 0 Å². The third kappa shape index (κ3) is 1.61. The Labute approximate surface area is 115 Å². The molecule has 0 amide bonds. The van der Waals surface area contributed by atoms with Gasteiger partial charge < -0.3 is 9.30 Å². The molecule has 3 aromatic rings. The third-order valence-electron chi connectivity index (χ3n) is 3.54. The van der Waals surface area contributed by atoms with Crippen LogP contribution in [0.1, 0.15) is 11.4 Å². The molecule has 0 saturated heterocycles. The second kappa shape index (κ2) is 4.19. The van der Waals surface area contributed by atoms with Crippen molar-refractivity contribution in [3.8, 4) is 17.3 Å². The van der Waals surface area contributed by atoms with Gasteiger partial charge in [0.25, 0.3) is 0 Å². The minimum absolute atomic E-state index is 0.432. The van der Waals surface area contributed by atoms with Crippen LogP contribution in [0.25, 0.3) is 11.5 Å². The number of ether oxygens (including phenoxy) is 1. The lowest BCUT2D eigenvalue weighted by molar-refractivity contribution is 0.297. The standard InChI is InChI=1S/C14H13N5O/c1-18-11(6-7-15-18)14-17-16-13-9-20-12-5-3-2-4-10(12)8-19(13)14/h2-7H,8-9H2,1H3. The van der Waals surface area contributed by atoms with E-state index in [9.17, 15) is 0 Å². The summed E-state index contributed by atoms with van der Waals surface area (Å²) in [7, 11) is 1.90. The highest BCUT2D eigenvalue weighted by Gasteiger charge is 2.20. The van der Waals surface area contributed by atoms with Crippen molar-refractivity contribution < 1.29 is 4.74 Å². The number of nitrogens with zero attached hydrogens (tertiary/aromatic N) is 5. The van der Waals surface area contributed by atoms with E-state index in [0.717, 1.165) is 28.7 Å². The van der Waals surface area contributed by atoms with Crippen LogP contribution in [0.15, 0.2) is 36.5 Å². The summed E-state index contributed by atoms with van der Waals surface area (Å²) in [4.78, 5) is 0. The van der Waals surface area contributed by atoms with Gasteiger partial charge in [-0.3, -0.25) is 4.68 Å². The first-order valence-corrected chi connectivity index (χ1v) is 6.44. The zero-order valence-corrected chi connectivity index (χ0v) is 11.0. The summed E-state index contributed by atoms with van der Waals surface area (Å²) in [5.74, 6) is 2.56. The zero-order chi connectivity index (χ0) is 13.5. The van der Waals surface area contributed by atoms with Gasteiger partial charge in [-0.1, -0.05) is 18.2 Å². The van der Waals surface area contributed by atoms with E-state index in [-0.39, 0.29) is 0 Å². The van der Waals surface area contributed by atoms with Crippen molar-refractivity contribution in [3.63, 3.8) is 0 Å². The molecule has 0 bridgehead atoms. The fraction of sp³-hybridized carbons (Fsp3) is 0.214. The summed E-state index contributed by atoms with van der Waals surface area (Å²) in [5.41, 5.74) is 2.08. The van der Waals surface area contributed by atoms with E-state index >= 15 is 0 Å². The van der Waals surface area contributed by atoms with Crippen LogP contribution in [-0.4, -0.2) is 24.5 Å². The molecule has 4 rings (SSSR count). The number of aryl methyl sites for hydroxylation is 1. The van der Waals surface area contributed by atoms with Crippen LogP contribution in [0.2, 0.25) is 0 Å². The van der Waals surface area contributed by atoms with E-state index in [4.69, 9.17) is 4.74 Å². The van der Waals surface area contributed by atoms with Crippen molar-refractivity contribution in [1.29, 1.82) is 0 Å². The molecule has 2 aromatic heterocycles. The average molecular weight is 267 g/mol. The molecule has 0 fully saturated rings. The summed E-state index contributed by atoms with van der Waals surface area (Å²) < 4.78 is 9.68. The molecule has 0 N–H and O–H groups in total. The van der Waals surface area contributed by atoms with E-state index in [1.165, 1.54) is 0 Å². The molecular weight excluding hydrogens is 254 g/mol. The van der Waals surface area contributed by atoms with Crippen LogP contribution in [0.3, 0.4) is 0 Å². The zero-order valence-electron chi connectivity index (χ0n) is 11.0. The van der Waals surface area contributed by atoms with E-state index in [0.29, 0.717) is 13.2 Å². The smallest absolute Gasteiger partial charge is 0.182 e. The van der Waals surface area contributed by atoms with Crippen molar-refractivity contribution >= 4 is 0 Å². The van der Waals surface area contributed by atoms with Gasteiger partial charge in [0.2, 0.25) is 0 Å². The van der Waals surface area contributed by atoms with Crippen LogP contribution in [0.4, 0.5) is 0 Å². The highest BCUT2D eigenvalue weighted by Crippen LogP contribution is 2.27. The van der Waals surface area contributed by atoms with E-state index < -0.39 is 0 Å². The summed E-state index contributed by atoms with van der Waals surface area (Å²) >= 11 is 0. The highest BCUT2D eigenvalue weighted by molar-refractivity contribution is 5.50. The molecule has 3 heterocycles. The Bertz CT molecular complexity index is 773. The lowest BCUT2D eigenvalue weighted by Gasteiger charge is -2.07. The molecule has 1 aromatic carbocycles. The first-order chi connectivity index (χ1) is 9.83. The molecule has 6 nitrogen and oxygen atoms in total. The van der Waals surface area contributed by atoms with Crippen molar-refractivity contribution in [2.75, 3.05) is 0 Å². The Balaban J connectivity index is 1.85. The maximum atomic E-state index is 5.79. The molecule has 0 atom stereocenters. The Morgan fingerprint density at radius 2 is 2.05 bits per heavy atom. The number of para-hydroxylation sites is 1. The maximum Gasteiger partial charge on any atom is 0.182 e. The van der Waals surface area contributed by atoms with Crippen LogP contribution in [0, 0.1) is 0 Å². The SMILES string of the molecule is Cn1nccc1-c1nnc2n1Cc1ccccc1OC2. The number of aromatic nitrogens is 5. The number of fused-ring (bicyclic) bond motifs is 2. The summed E-state index contributed by atoms with van der Waals surface area (Å²) in [5, 5.41) is 12.7. The summed E-state index contributed by atoms with van der Waals surface area (Å²) in [6, 6.07) is 9.99. The lowest BCUT2D eigenvalue weighted by atomic mass is 10.2. The van der Waals surface area contributed by atoms with E-state index in [1.54, 1.807) is 10.9 Å². The Morgan fingerprint density at radius 3 is 2.90 bits per heavy atom. The average Bonchev–Trinajstić information content (AvgIpc) is 2.99. The molecule has 0 aliphatic carbocycles. The normalized spacial score (nSPS) is 13.2. The van der Waals surface area contributed by atoms with Crippen molar-refractivity contribution in [2.24, 2.45) is 7.05 Å². The minimum atomic E-state index is 0.432.